The van der Waals surface area contributed by atoms with Crippen LogP contribution in [-0.2, 0) is 17.5 Å². The summed E-state index contributed by atoms with van der Waals surface area (Å²) in [5.74, 6) is 0.202. The van der Waals surface area contributed by atoms with E-state index in [4.69, 9.17) is 9.47 Å². The molecule has 1 aromatic carbocycles. The molecule has 1 unspecified atom stereocenters. The van der Waals surface area contributed by atoms with E-state index in [0.29, 0.717) is 29.9 Å². The standard InChI is InChI=1S/C21H19F3N2O3S/c1-12-18(20(27)26-14-6-8-28-11-14)16-9-15(4-5-17(16)30-12)29-10-13-3-2-7-25-19(13)21(22,23)24/h2-5,7,9,14H,6,8,10-11H2,1H3,(H,26,27). The molecule has 1 amide bonds. The Balaban J connectivity index is 1.57. The molecule has 3 heterocycles. The van der Waals surface area contributed by atoms with E-state index >= 15 is 0 Å². The van der Waals surface area contributed by atoms with E-state index in [1.165, 1.54) is 23.5 Å². The molecule has 30 heavy (non-hydrogen) atoms. The largest absolute Gasteiger partial charge is 0.489 e. The Kier molecular flexibility index (Phi) is 5.66. The number of halogens is 3. The number of nitrogens with zero attached hydrogens (tertiary/aromatic N) is 1. The molecule has 0 bridgehead atoms. The van der Waals surface area contributed by atoms with Gasteiger partial charge in [-0.25, -0.2) is 0 Å². The van der Waals surface area contributed by atoms with Crippen LogP contribution in [0.2, 0.25) is 0 Å². The zero-order chi connectivity index (χ0) is 21.3. The Hall–Kier alpha value is -2.65. The number of aryl methyl sites for hydroxylation is 1. The number of nitrogens with one attached hydrogen (secondary N) is 1. The number of fused-ring (bicyclic) bond motifs is 1. The van der Waals surface area contributed by atoms with Crippen LogP contribution in [0.1, 0.15) is 32.9 Å². The quantitative estimate of drug-likeness (QED) is 0.629. The summed E-state index contributed by atoms with van der Waals surface area (Å²) in [7, 11) is 0. The number of ether oxygens (including phenoxy) is 2. The second kappa shape index (κ2) is 8.23. The molecule has 1 atom stereocenters. The third-order valence-corrected chi connectivity index (χ3v) is 5.97. The number of rotatable bonds is 5. The predicted octanol–water partition coefficient (Wildman–Crippen LogP) is 4.72. The molecule has 158 valence electrons. The van der Waals surface area contributed by atoms with Gasteiger partial charge in [0, 0.05) is 33.3 Å². The molecule has 0 aliphatic carbocycles. The second-order valence-corrected chi connectivity index (χ2v) is 8.28. The molecule has 1 aliphatic heterocycles. The minimum absolute atomic E-state index is 0.0161. The van der Waals surface area contributed by atoms with Crippen molar-refractivity contribution in [1.29, 1.82) is 0 Å². The minimum Gasteiger partial charge on any atom is -0.489 e. The molecular formula is C21H19F3N2O3S. The number of amides is 1. The summed E-state index contributed by atoms with van der Waals surface area (Å²) in [4.78, 5) is 17.1. The van der Waals surface area contributed by atoms with Crippen molar-refractivity contribution in [2.24, 2.45) is 0 Å². The maximum atomic E-state index is 13.1. The van der Waals surface area contributed by atoms with Gasteiger partial charge in [0.15, 0.2) is 5.69 Å². The number of alkyl halides is 3. The first-order chi connectivity index (χ1) is 14.3. The van der Waals surface area contributed by atoms with Crippen molar-refractivity contribution in [3.05, 3.63) is 58.2 Å². The van der Waals surface area contributed by atoms with Crippen molar-refractivity contribution in [3.63, 3.8) is 0 Å². The Morgan fingerprint density at radius 2 is 2.20 bits per heavy atom. The Bertz CT molecular complexity index is 1080. The highest BCUT2D eigenvalue weighted by atomic mass is 32.1. The van der Waals surface area contributed by atoms with Crippen LogP contribution in [0.25, 0.3) is 10.1 Å². The number of pyridine rings is 1. The van der Waals surface area contributed by atoms with Crippen molar-refractivity contribution in [1.82, 2.24) is 10.3 Å². The predicted molar refractivity (Wildman–Crippen MR) is 107 cm³/mol. The van der Waals surface area contributed by atoms with Gasteiger partial charge in [-0.15, -0.1) is 11.3 Å². The number of carbonyl (C=O) groups is 1. The summed E-state index contributed by atoms with van der Waals surface area (Å²) in [6.45, 7) is 2.71. The van der Waals surface area contributed by atoms with Crippen LogP contribution in [-0.4, -0.2) is 30.1 Å². The highest BCUT2D eigenvalue weighted by Gasteiger charge is 2.35. The molecule has 1 aliphatic rings. The molecule has 1 saturated heterocycles. The zero-order valence-corrected chi connectivity index (χ0v) is 16.9. The van der Waals surface area contributed by atoms with E-state index < -0.39 is 11.9 Å². The van der Waals surface area contributed by atoms with E-state index in [-0.39, 0.29) is 24.1 Å². The lowest BCUT2D eigenvalue weighted by molar-refractivity contribution is -0.142. The highest BCUT2D eigenvalue weighted by molar-refractivity contribution is 7.19. The molecule has 0 saturated carbocycles. The number of carbonyl (C=O) groups excluding carboxylic acids is 1. The summed E-state index contributed by atoms with van der Waals surface area (Å²) in [5.41, 5.74) is -0.452. The molecule has 1 N–H and O–H groups in total. The first-order valence-electron chi connectivity index (χ1n) is 9.38. The first-order valence-corrected chi connectivity index (χ1v) is 10.2. The fourth-order valence-electron chi connectivity index (χ4n) is 3.45. The molecular weight excluding hydrogens is 417 g/mol. The molecule has 5 nitrogen and oxygen atoms in total. The Morgan fingerprint density at radius 3 is 2.93 bits per heavy atom. The van der Waals surface area contributed by atoms with Gasteiger partial charge in [-0.2, -0.15) is 13.2 Å². The molecule has 3 aromatic rings. The lowest BCUT2D eigenvalue weighted by atomic mass is 10.1. The van der Waals surface area contributed by atoms with Crippen LogP contribution in [0.15, 0.2) is 36.5 Å². The smallest absolute Gasteiger partial charge is 0.433 e. The van der Waals surface area contributed by atoms with Crippen molar-refractivity contribution in [3.8, 4) is 5.75 Å². The summed E-state index contributed by atoms with van der Waals surface area (Å²) in [6, 6.07) is 7.96. The summed E-state index contributed by atoms with van der Waals surface area (Å²) < 4.78 is 51.2. The van der Waals surface area contributed by atoms with Gasteiger partial charge >= 0.3 is 6.18 Å². The van der Waals surface area contributed by atoms with E-state index in [1.807, 2.05) is 13.0 Å². The van der Waals surface area contributed by atoms with Gasteiger partial charge in [-0.1, -0.05) is 6.07 Å². The monoisotopic (exact) mass is 436 g/mol. The SMILES string of the molecule is Cc1sc2ccc(OCc3cccnc3C(F)(F)F)cc2c1C(=O)NC1CCOC1. The molecule has 4 rings (SSSR count). The van der Waals surface area contributed by atoms with Crippen LogP contribution in [0, 0.1) is 6.92 Å². The molecule has 2 aromatic heterocycles. The van der Waals surface area contributed by atoms with Crippen molar-refractivity contribution >= 4 is 27.3 Å². The average molecular weight is 436 g/mol. The molecule has 1 fully saturated rings. The summed E-state index contributed by atoms with van der Waals surface area (Å²) in [5, 5.41) is 3.70. The van der Waals surface area contributed by atoms with Gasteiger partial charge < -0.3 is 14.8 Å². The number of benzene rings is 1. The van der Waals surface area contributed by atoms with Crippen molar-refractivity contribution in [2.75, 3.05) is 13.2 Å². The van der Waals surface area contributed by atoms with Crippen LogP contribution >= 0.6 is 11.3 Å². The highest BCUT2D eigenvalue weighted by Crippen LogP contribution is 2.35. The second-order valence-electron chi connectivity index (χ2n) is 7.02. The van der Waals surface area contributed by atoms with Crippen LogP contribution in [0.5, 0.6) is 5.75 Å². The lowest BCUT2D eigenvalue weighted by Gasteiger charge is -2.13. The van der Waals surface area contributed by atoms with Crippen LogP contribution in [0.3, 0.4) is 0 Å². The normalized spacial score (nSPS) is 16.7. The average Bonchev–Trinajstić information content (AvgIpc) is 3.32. The lowest BCUT2D eigenvalue weighted by Crippen LogP contribution is -2.35. The minimum atomic E-state index is -4.55. The van der Waals surface area contributed by atoms with E-state index in [0.717, 1.165) is 22.2 Å². The van der Waals surface area contributed by atoms with Gasteiger partial charge in [0.25, 0.3) is 5.91 Å². The Labute approximate surface area is 174 Å². The molecule has 0 spiro atoms. The maximum Gasteiger partial charge on any atom is 0.433 e. The number of hydrogen-bond donors (Lipinski definition) is 1. The molecule has 0 radical (unpaired) electrons. The number of thiophene rings is 1. The fourth-order valence-corrected chi connectivity index (χ4v) is 4.49. The maximum absolute atomic E-state index is 13.1. The van der Waals surface area contributed by atoms with E-state index in [2.05, 4.69) is 10.3 Å². The van der Waals surface area contributed by atoms with Crippen molar-refractivity contribution < 1.29 is 27.4 Å². The van der Waals surface area contributed by atoms with Gasteiger partial charge in [0.1, 0.15) is 12.4 Å². The summed E-state index contributed by atoms with van der Waals surface area (Å²) in [6.07, 6.45) is -2.68. The van der Waals surface area contributed by atoms with Crippen molar-refractivity contribution in [2.45, 2.75) is 32.2 Å². The number of aromatic nitrogens is 1. The van der Waals surface area contributed by atoms with Crippen LogP contribution < -0.4 is 10.1 Å². The summed E-state index contributed by atoms with van der Waals surface area (Å²) >= 11 is 1.49. The Morgan fingerprint density at radius 1 is 1.37 bits per heavy atom. The van der Waals surface area contributed by atoms with E-state index in [1.54, 1.807) is 12.1 Å². The van der Waals surface area contributed by atoms with Gasteiger partial charge in [0.05, 0.1) is 18.2 Å². The van der Waals surface area contributed by atoms with Gasteiger partial charge in [-0.3, -0.25) is 9.78 Å². The fraction of sp³-hybridized carbons (Fsp3) is 0.333. The zero-order valence-electron chi connectivity index (χ0n) is 16.1. The van der Waals surface area contributed by atoms with Crippen LogP contribution in [0.4, 0.5) is 13.2 Å². The third-order valence-electron chi connectivity index (χ3n) is 4.88. The third kappa shape index (κ3) is 4.27. The molecule has 9 heteroatoms. The topological polar surface area (TPSA) is 60.5 Å². The number of hydrogen-bond acceptors (Lipinski definition) is 5. The van der Waals surface area contributed by atoms with Gasteiger partial charge in [0.2, 0.25) is 0 Å². The van der Waals surface area contributed by atoms with E-state index in [9.17, 15) is 18.0 Å². The first kappa shape index (κ1) is 20.6. The van der Waals surface area contributed by atoms with Gasteiger partial charge in [-0.05, 0) is 37.6 Å².